The summed E-state index contributed by atoms with van der Waals surface area (Å²) in [6.45, 7) is 0. The molecule has 0 amide bonds. The van der Waals surface area contributed by atoms with Gasteiger partial charge in [0.05, 0.1) is 0 Å². The van der Waals surface area contributed by atoms with E-state index < -0.39 is 72.9 Å². The molecule has 4 atom stereocenters. The van der Waals surface area contributed by atoms with Gasteiger partial charge in [0.2, 0.25) is 0 Å². The molecule has 0 aliphatic carbocycles. The topological polar surface area (TPSA) is 196 Å². The predicted molar refractivity (Wildman–Crippen MR) is 118 cm³/mol. The Morgan fingerprint density at radius 2 is 0.694 bits per heavy atom. The summed E-state index contributed by atoms with van der Waals surface area (Å²) in [5.41, 5.74) is 0. The molecule has 4 aliphatic rings. The molecule has 6 bridgehead atoms. The van der Waals surface area contributed by atoms with Crippen molar-refractivity contribution in [2.45, 2.75) is 0 Å². The Kier molecular flexibility index (Phi) is 8.64. The lowest BCUT2D eigenvalue weighted by Gasteiger charge is -2.53. The van der Waals surface area contributed by atoms with Crippen LogP contribution < -0.4 is 0 Å². The van der Waals surface area contributed by atoms with E-state index in [9.17, 15) is 4.80 Å². The summed E-state index contributed by atoms with van der Waals surface area (Å²) >= 11 is 0. The van der Waals surface area contributed by atoms with Gasteiger partial charge in [-0.05, 0) is 0 Å². The SMILES string of the molecule is CO[SiH]1O[Si]2(OC)O[Si]3(OC)O[Si](O)(OC)O[Si]4(OC)O[Si](OC)(O1)O[Si](OC)(O2)O[Si](OC)(O3)O4. The first-order valence-corrected chi connectivity index (χ1v) is 22.6. The van der Waals surface area contributed by atoms with Crippen molar-refractivity contribution < 1.29 is 85.5 Å². The van der Waals surface area contributed by atoms with Gasteiger partial charge < -0.3 is 85.5 Å². The Labute approximate surface area is 215 Å². The monoisotopic (exact) mass is 666 g/mol. The summed E-state index contributed by atoms with van der Waals surface area (Å²) in [5.74, 6) is 0. The lowest BCUT2D eigenvalue weighted by atomic mass is 11.8. The van der Waals surface area contributed by atoms with Gasteiger partial charge in [-0.25, -0.2) is 0 Å². The molecule has 36 heavy (non-hydrogen) atoms. The minimum absolute atomic E-state index is 1.08. The van der Waals surface area contributed by atoms with Gasteiger partial charge in [-0.3, -0.25) is 0 Å². The van der Waals surface area contributed by atoms with Crippen LogP contribution >= 0.6 is 0 Å². The molecule has 28 heteroatoms. The van der Waals surface area contributed by atoms with E-state index in [0.717, 1.165) is 21.3 Å². The van der Waals surface area contributed by atoms with Gasteiger partial charge in [0.15, 0.2) is 0 Å². The van der Waals surface area contributed by atoms with Crippen molar-refractivity contribution in [1.29, 1.82) is 0 Å². The fraction of sp³-hybridized carbons (Fsp3) is 1.00. The molecule has 20 nitrogen and oxygen atoms in total. The number of hydrogen-bond acceptors (Lipinski definition) is 20. The Hall–Kier alpha value is 0.935. The maximum atomic E-state index is 11.2. The molecule has 0 aromatic rings. The van der Waals surface area contributed by atoms with Crippen LogP contribution in [0.1, 0.15) is 0 Å². The van der Waals surface area contributed by atoms with Gasteiger partial charge in [0.25, 0.3) is 0 Å². The third-order valence-corrected chi connectivity index (χ3v) is 30.5. The van der Waals surface area contributed by atoms with Crippen LogP contribution in [0.25, 0.3) is 0 Å². The lowest BCUT2D eigenvalue weighted by molar-refractivity contribution is -0.128. The van der Waals surface area contributed by atoms with Crippen molar-refractivity contribution in [3.63, 3.8) is 0 Å². The second-order valence-electron chi connectivity index (χ2n) is 6.63. The van der Waals surface area contributed by atoms with E-state index >= 15 is 0 Å². The van der Waals surface area contributed by atoms with Crippen LogP contribution in [-0.4, -0.2) is 135 Å². The van der Waals surface area contributed by atoms with Crippen molar-refractivity contribution in [2.75, 3.05) is 56.9 Å². The zero-order chi connectivity index (χ0) is 26.5. The Morgan fingerprint density at radius 3 is 0.944 bits per heavy atom. The van der Waals surface area contributed by atoms with Crippen LogP contribution in [-0.2, 0) is 80.7 Å². The molecule has 210 valence electrons. The molecule has 4 rings (SSSR count). The van der Waals surface area contributed by atoms with Gasteiger partial charge in [-0.2, -0.15) is 0 Å². The fourth-order valence-electron chi connectivity index (χ4n) is 3.00. The van der Waals surface area contributed by atoms with Gasteiger partial charge in [0, 0.05) is 56.9 Å². The highest BCUT2D eigenvalue weighted by molar-refractivity contribution is 6.94. The number of fused-ring (bicyclic) bond motifs is 4. The van der Waals surface area contributed by atoms with Gasteiger partial charge >= 0.3 is 72.9 Å². The van der Waals surface area contributed by atoms with Crippen molar-refractivity contribution in [3.8, 4) is 0 Å². The van der Waals surface area contributed by atoms with E-state index in [1.54, 1.807) is 0 Å². The first-order valence-electron chi connectivity index (χ1n) is 9.71. The molecule has 0 spiro atoms. The molecule has 1 N–H and O–H groups in total. The lowest BCUT2D eigenvalue weighted by Crippen LogP contribution is -2.86. The quantitative estimate of drug-likeness (QED) is 0.247. The number of hydrogen-bond donors (Lipinski definition) is 1. The molecular weight excluding hydrogens is 641 g/mol. The van der Waals surface area contributed by atoms with Gasteiger partial charge in [0.1, 0.15) is 0 Å². The van der Waals surface area contributed by atoms with Crippen LogP contribution in [0.4, 0.5) is 0 Å². The summed E-state index contributed by atoms with van der Waals surface area (Å²) < 4.78 is 110. The smallest absolute Gasteiger partial charge is 0.380 e. The molecule has 4 fully saturated rings. The average Bonchev–Trinajstić information content (AvgIpc) is 2.83. The molecule has 4 unspecified atom stereocenters. The minimum Gasteiger partial charge on any atom is -0.380 e. The van der Waals surface area contributed by atoms with Crippen molar-refractivity contribution in [2.24, 2.45) is 0 Å². The van der Waals surface area contributed by atoms with Crippen molar-refractivity contribution >= 4 is 72.9 Å². The van der Waals surface area contributed by atoms with E-state index in [4.69, 9.17) is 80.7 Å². The first kappa shape index (κ1) is 29.9. The summed E-state index contributed by atoms with van der Waals surface area (Å²) in [4.78, 5) is 11.2. The van der Waals surface area contributed by atoms with E-state index in [2.05, 4.69) is 0 Å². The zero-order valence-electron chi connectivity index (χ0n) is 20.3. The summed E-state index contributed by atoms with van der Waals surface area (Å²) in [5, 5.41) is 0. The summed E-state index contributed by atoms with van der Waals surface area (Å²) in [7, 11) is -26.8. The third kappa shape index (κ3) is 5.20. The highest BCUT2D eigenvalue weighted by Gasteiger charge is 2.85. The van der Waals surface area contributed by atoms with E-state index in [-0.39, 0.29) is 0 Å². The van der Waals surface area contributed by atoms with Gasteiger partial charge in [-0.1, -0.05) is 0 Å². The third-order valence-electron chi connectivity index (χ3n) is 4.69. The zero-order valence-corrected chi connectivity index (χ0v) is 28.4. The van der Waals surface area contributed by atoms with Crippen LogP contribution in [0.3, 0.4) is 0 Å². The minimum atomic E-state index is -4.86. The normalized spacial score (nSPS) is 51.1. The van der Waals surface area contributed by atoms with Gasteiger partial charge in [-0.15, -0.1) is 0 Å². The molecule has 4 saturated heterocycles. The van der Waals surface area contributed by atoms with Crippen LogP contribution in [0.2, 0.25) is 0 Å². The largest absolute Gasteiger partial charge is 0.665 e. The maximum absolute atomic E-state index is 11.2. The predicted octanol–water partition coefficient (Wildman–Crippen LogP) is -3.85. The van der Waals surface area contributed by atoms with E-state index in [1.165, 1.54) is 35.5 Å². The molecule has 0 saturated carbocycles. The molecule has 0 aromatic carbocycles. The summed E-state index contributed by atoms with van der Waals surface area (Å²) in [6, 6.07) is 0. The van der Waals surface area contributed by atoms with E-state index in [0.29, 0.717) is 0 Å². The fourth-order valence-corrected chi connectivity index (χ4v) is 34.8. The van der Waals surface area contributed by atoms with Crippen LogP contribution in [0.15, 0.2) is 0 Å². The molecule has 4 aliphatic heterocycles. The second kappa shape index (κ2) is 10.4. The Morgan fingerprint density at radius 1 is 0.417 bits per heavy atom. The van der Waals surface area contributed by atoms with Crippen LogP contribution in [0.5, 0.6) is 0 Å². The number of rotatable bonds is 8. The molecule has 0 radical (unpaired) electrons. The Balaban J connectivity index is 2.05. The standard InChI is InChI=1S/C8H26O20Si8/c1-10-29-18-31(12-3)22-33(14-5)20-30(9,11-2)21-34(15-6)23-32(13-4,19-29)25-35(16-7,24-31)28-36(17-8,26-33)27-34/h9,29H,1-8H3. The van der Waals surface area contributed by atoms with Crippen molar-refractivity contribution in [3.05, 3.63) is 0 Å². The van der Waals surface area contributed by atoms with Crippen LogP contribution in [0, 0.1) is 0 Å². The molecule has 4 heterocycles. The maximum Gasteiger partial charge on any atom is 0.665 e. The summed E-state index contributed by atoms with van der Waals surface area (Å²) in [6.07, 6.45) is 0. The molecule has 0 aromatic heterocycles. The Bertz CT molecular complexity index is 740. The highest BCUT2D eigenvalue weighted by Crippen LogP contribution is 2.44. The van der Waals surface area contributed by atoms with E-state index in [1.807, 2.05) is 0 Å². The second-order valence-corrected chi connectivity index (χ2v) is 26.8. The first-order chi connectivity index (χ1) is 16.9. The average molecular weight is 667 g/mol. The highest BCUT2D eigenvalue weighted by atomic mass is 28.6. The van der Waals surface area contributed by atoms with Crippen molar-refractivity contribution in [1.82, 2.24) is 0 Å². The molecular formula is C8H26O20Si8.